The second kappa shape index (κ2) is 3.27. The summed E-state index contributed by atoms with van der Waals surface area (Å²) in [6, 6.07) is 8.48. The van der Waals surface area contributed by atoms with Gasteiger partial charge in [0.2, 0.25) is 6.29 Å². The fraction of sp³-hybridized carbons (Fsp3) is 0.125. The molecule has 0 fully saturated rings. The quantitative estimate of drug-likeness (QED) is 0.452. The van der Waals surface area contributed by atoms with E-state index in [0.29, 0.717) is 0 Å². The molecule has 0 aromatic carbocycles. The number of benzene rings is 1. The molecule has 2 aliphatic rings. The average molecular weight is 152 g/mol. The van der Waals surface area contributed by atoms with Crippen LogP contribution in [0.5, 0.6) is 0 Å². The molecule has 0 heterocycles. The van der Waals surface area contributed by atoms with Crippen LogP contribution in [0.1, 0.15) is 0 Å². The Morgan fingerprint density at radius 3 is 1.36 bits per heavy atom. The van der Waals surface area contributed by atoms with Crippen LogP contribution >= 0.6 is 0 Å². The number of rotatable bonds is 1. The van der Waals surface area contributed by atoms with Crippen molar-refractivity contribution < 1.29 is 15.0 Å². The van der Waals surface area contributed by atoms with E-state index in [4.69, 9.17) is 15.0 Å². The third kappa shape index (κ3) is 1.86. The lowest BCUT2D eigenvalue weighted by Gasteiger charge is -2.10. The first-order valence-electron chi connectivity index (χ1n) is 3.16. The highest BCUT2D eigenvalue weighted by molar-refractivity contribution is 5.75. The third-order valence-corrected chi connectivity index (χ3v) is 1.34. The number of carbonyl (C=O) groups is 1. The van der Waals surface area contributed by atoms with Gasteiger partial charge in [-0.3, -0.25) is 4.79 Å². The second-order valence-electron chi connectivity index (χ2n) is 2.13. The molecule has 2 rings (SSSR count). The van der Waals surface area contributed by atoms with Gasteiger partial charge in [0.15, 0.2) is 6.29 Å². The van der Waals surface area contributed by atoms with Crippen molar-refractivity contribution in [3.63, 3.8) is 0 Å². The van der Waals surface area contributed by atoms with Crippen LogP contribution in [0.15, 0.2) is 24.3 Å². The van der Waals surface area contributed by atoms with Gasteiger partial charge in [-0.1, -0.05) is 24.3 Å². The van der Waals surface area contributed by atoms with Gasteiger partial charge in [0.05, 0.1) is 0 Å². The molecule has 3 heteroatoms. The Balaban J connectivity index is 0.000000114. The molecule has 0 bridgehead atoms. The Labute approximate surface area is 63.9 Å². The first-order valence-corrected chi connectivity index (χ1v) is 3.16. The normalized spacial score (nSPS) is 10.1. The highest BCUT2D eigenvalue weighted by Crippen LogP contribution is 2.29. The van der Waals surface area contributed by atoms with Crippen LogP contribution in [0.4, 0.5) is 0 Å². The summed E-state index contributed by atoms with van der Waals surface area (Å²) in [4.78, 5) is 9.00. The highest BCUT2D eigenvalue weighted by Gasteiger charge is 2.03. The number of hydrogen-bond donors (Lipinski definition) is 2. The minimum atomic E-state index is -1.80. The van der Waals surface area contributed by atoms with Crippen molar-refractivity contribution in [1.82, 2.24) is 0 Å². The molecule has 2 N–H and O–H groups in total. The molecule has 0 unspecified atom stereocenters. The molecule has 11 heavy (non-hydrogen) atoms. The molecule has 0 saturated heterocycles. The summed E-state index contributed by atoms with van der Waals surface area (Å²) in [7, 11) is 0. The van der Waals surface area contributed by atoms with Gasteiger partial charge in [-0.2, -0.15) is 0 Å². The Kier molecular flexibility index (Phi) is 2.36. The number of aldehydes is 1. The molecule has 0 aromatic heterocycles. The zero-order valence-electron chi connectivity index (χ0n) is 5.77. The van der Waals surface area contributed by atoms with E-state index in [1.165, 1.54) is 11.1 Å². The molecule has 0 radical (unpaired) electrons. The second-order valence-corrected chi connectivity index (χ2v) is 2.13. The largest absolute Gasteiger partial charge is 0.362 e. The topological polar surface area (TPSA) is 57.5 Å². The first kappa shape index (κ1) is 7.91. The maximum atomic E-state index is 9.00. The van der Waals surface area contributed by atoms with Gasteiger partial charge in [0, 0.05) is 0 Å². The number of aliphatic hydroxyl groups is 2. The van der Waals surface area contributed by atoms with Gasteiger partial charge in [0.25, 0.3) is 0 Å². The van der Waals surface area contributed by atoms with Crippen LogP contribution in [0.2, 0.25) is 0 Å². The molecule has 0 saturated carbocycles. The standard InChI is InChI=1S/C6H4.C2H4O3/c1-2-6-4-3-5(1)6;3-1-2(4)5/h1-4H;1-2,4-5H. The molecule has 3 nitrogen and oxygen atoms in total. The van der Waals surface area contributed by atoms with Crippen molar-refractivity contribution in [2.75, 3.05) is 0 Å². The van der Waals surface area contributed by atoms with Crippen LogP contribution in [-0.4, -0.2) is 22.8 Å². The molecule has 58 valence electrons. The van der Waals surface area contributed by atoms with Crippen LogP contribution in [0, 0.1) is 0 Å². The molecule has 0 aromatic rings. The Hall–Kier alpha value is -1.19. The predicted molar refractivity (Wildman–Crippen MR) is 39.7 cm³/mol. The molecular formula is C8H8O3. The maximum absolute atomic E-state index is 9.00. The van der Waals surface area contributed by atoms with E-state index in [2.05, 4.69) is 24.3 Å². The summed E-state index contributed by atoms with van der Waals surface area (Å²) in [5.41, 5.74) is 2.85. The van der Waals surface area contributed by atoms with E-state index < -0.39 is 6.29 Å². The van der Waals surface area contributed by atoms with Crippen molar-refractivity contribution in [3.05, 3.63) is 24.3 Å². The third-order valence-electron chi connectivity index (χ3n) is 1.34. The minimum Gasteiger partial charge on any atom is -0.362 e. The van der Waals surface area contributed by atoms with E-state index in [1.807, 2.05) is 0 Å². The Morgan fingerprint density at radius 2 is 1.36 bits per heavy atom. The number of carbonyl (C=O) groups excluding carboxylic acids is 1. The van der Waals surface area contributed by atoms with Crippen LogP contribution in [0.25, 0.3) is 11.1 Å². The van der Waals surface area contributed by atoms with Crippen molar-refractivity contribution in [2.24, 2.45) is 0 Å². The van der Waals surface area contributed by atoms with Gasteiger partial charge in [-0.15, -0.1) is 0 Å². The smallest absolute Gasteiger partial charge is 0.209 e. The molecule has 2 aliphatic carbocycles. The zero-order valence-corrected chi connectivity index (χ0v) is 5.77. The van der Waals surface area contributed by atoms with Crippen LogP contribution in [0.3, 0.4) is 0 Å². The van der Waals surface area contributed by atoms with Gasteiger partial charge >= 0.3 is 0 Å². The fourth-order valence-electron chi connectivity index (χ4n) is 0.663. The molecule has 0 amide bonds. The lowest BCUT2D eigenvalue weighted by atomic mass is 9.95. The number of fused-ring (bicyclic) bond motifs is 1. The van der Waals surface area contributed by atoms with Gasteiger partial charge in [-0.05, 0) is 11.1 Å². The molecule has 0 aliphatic heterocycles. The van der Waals surface area contributed by atoms with E-state index in [-0.39, 0.29) is 6.29 Å². The van der Waals surface area contributed by atoms with Crippen LogP contribution in [-0.2, 0) is 4.79 Å². The highest BCUT2D eigenvalue weighted by atomic mass is 16.5. The van der Waals surface area contributed by atoms with Gasteiger partial charge in [0.1, 0.15) is 0 Å². The number of aliphatic hydroxyl groups excluding tert-OH is 1. The van der Waals surface area contributed by atoms with E-state index >= 15 is 0 Å². The summed E-state index contributed by atoms with van der Waals surface area (Å²) in [5.74, 6) is 0. The lowest BCUT2D eigenvalue weighted by Crippen LogP contribution is -2.03. The average Bonchev–Trinajstić information content (AvgIpc) is 1.98. The summed E-state index contributed by atoms with van der Waals surface area (Å²) in [6.07, 6.45) is -1.77. The zero-order chi connectivity index (χ0) is 8.27. The van der Waals surface area contributed by atoms with E-state index in [9.17, 15) is 0 Å². The van der Waals surface area contributed by atoms with E-state index in [0.717, 1.165) is 0 Å². The lowest BCUT2D eigenvalue weighted by molar-refractivity contribution is -0.131. The molecule has 0 spiro atoms. The maximum Gasteiger partial charge on any atom is 0.209 e. The summed E-state index contributed by atoms with van der Waals surface area (Å²) >= 11 is 0. The van der Waals surface area contributed by atoms with Gasteiger partial charge in [-0.25, -0.2) is 0 Å². The van der Waals surface area contributed by atoms with E-state index in [1.54, 1.807) is 0 Å². The number of hydrogen-bond acceptors (Lipinski definition) is 3. The monoisotopic (exact) mass is 152 g/mol. The fourth-order valence-corrected chi connectivity index (χ4v) is 0.663. The summed E-state index contributed by atoms with van der Waals surface area (Å²) in [5, 5.41) is 15.1. The predicted octanol–water partition coefficient (Wildman–Crippen LogP) is 0.163. The molecular weight excluding hydrogens is 144 g/mol. The first-order chi connectivity index (χ1) is 5.24. The minimum absolute atomic E-state index is 0.0278. The van der Waals surface area contributed by atoms with Gasteiger partial charge < -0.3 is 10.2 Å². The SMILES string of the molecule is O=CC(O)O.c1cc2ccc1-2. The van der Waals surface area contributed by atoms with Crippen molar-refractivity contribution >= 4 is 6.29 Å². The summed E-state index contributed by atoms with van der Waals surface area (Å²) < 4.78 is 0. The Morgan fingerprint density at radius 1 is 1.09 bits per heavy atom. The van der Waals surface area contributed by atoms with Crippen molar-refractivity contribution in [2.45, 2.75) is 6.29 Å². The van der Waals surface area contributed by atoms with Crippen LogP contribution < -0.4 is 0 Å². The summed E-state index contributed by atoms with van der Waals surface area (Å²) in [6.45, 7) is 0. The molecule has 0 atom stereocenters. The Bertz CT molecular complexity index is 217. The van der Waals surface area contributed by atoms with Crippen molar-refractivity contribution in [1.29, 1.82) is 0 Å². The van der Waals surface area contributed by atoms with Crippen molar-refractivity contribution in [3.8, 4) is 11.1 Å².